The van der Waals surface area contributed by atoms with Crippen LogP contribution in [0.1, 0.15) is 91.4 Å². The van der Waals surface area contributed by atoms with Crippen LogP contribution in [0.25, 0.3) is 0 Å². The number of esters is 2. The van der Waals surface area contributed by atoms with E-state index < -0.39 is 11.9 Å². The molecule has 0 N–H and O–H groups in total. The number of nitrogens with zero attached hydrogens (tertiary/aromatic N) is 1. The predicted molar refractivity (Wildman–Crippen MR) is 120 cm³/mol. The standard InChI is InChI=1S/C24H43NO4/c1-6-7-8-9-10-11-12-13-14-15-16-17-21(2)23(26)29-20-22(3)24(27)28-19-18-25(4)5/h17,20H,6-16,18-19H2,1-5H3/b21-17+,22-20+. The van der Waals surface area contributed by atoms with Gasteiger partial charge in [0.1, 0.15) is 12.9 Å². The van der Waals surface area contributed by atoms with E-state index in [1.165, 1.54) is 64.0 Å². The van der Waals surface area contributed by atoms with Crippen LogP contribution in [0.4, 0.5) is 0 Å². The fraction of sp³-hybridized carbons (Fsp3) is 0.750. The van der Waals surface area contributed by atoms with Crippen molar-refractivity contribution in [3.8, 4) is 0 Å². The molecule has 0 aliphatic carbocycles. The van der Waals surface area contributed by atoms with Crippen LogP contribution in [-0.2, 0) is 19.1 Å². The first-order valence-electron chi connectivity index (χ1n) is 11.2. The molecule has 0 rings (SSSR count). The summed E-state index contributed by atoms with van der Waals surface area (Å²) in [5, 5.41) is 0. The number of carbonyl (C=O) groups excluding carboxylic acids is 2. The highest BCUT2D eigenvalue weighted by Crippen LogP contribution is 2.12. The minimum absolute atomic E-state index is 0.277. The number of allylic oxidation sites excluding steroid dienone is 1. The van der Waals surface area contributed by atoms with E-state index in [9.17, 15) is 9.59 Å². The molecule has 168 valence electrons. The molecule has 0 spiro atoms. The zero-order valence-electron chi connectivity index (χ0n) is 19.4. The first-order chi connectivity index (χ1) is 13.9. The molecule has 0 aliphatic rings. The molecule has 29 heavy (non-hydrogen) atoms. The van der Waals surface area contributed by atoms with Crippen LogP contribution in [0.2, 0.25) is 0 Å². The zero-order chi connectivity index (χ0) is 21.9. The lowest BCUT2D eigenvalue weighted by Crippen LogP contribution is -2.20. The highest BCUT2D eigenvalue weighted by Gasteiger charge is 2.09. The predicted octanol–water partition coefficient (Wildman–Crippen LogP) is 5.80. The molecule has 0 radical (unpaired) electrons. The number of unbranched alkanes of at least 4 members (excludes halogenated alkanes) is 10. The van der Waals surface area contributed by atoms with Gasteiger partial charge in [0.25, 0.3) is 0 Å². The lowest BCUT2D eigenvalue weighted by Gasteiger charge is -2.09. The summed E-state index contributed by atoms with van der Waals surface area (Å²) in [5.74, 6) is -0.885. The highest BCUT2D eigenvalue weighted by atomic mass is 16.5. The van der Waals surface area contributed by atoms with Crippen molar-refractivity contribution >= 4 is 11.9 Å². The van der Waals surface area contributed by atoms with Gasteiger partial charge in [-0.25, -0.2) is 9.59 Å². The molecule has 5 heteroatoms. The third-order valence-electron chi connectivity index (χ3n) is 4.77. The Morgan fingerprint density at radius 3 is 1.90 bits per heavy atom. The van der Waals surface area contributed by atoms with Crippen LogP contribution in [0, 0.1) is 0 Å². The van der Waals surface area contributed by atoms with E-state index in [1.807, 2.05) is 25.1 Å². The lowest BCUT2D eigenvalue weighted by molar-refractivity contribution is -0.139. The van der Waals surface area contributed by atoms with Crippen LogP contribution >= 0.6 is 0 Å². The topological polar surface area (TPSA) is 55.8 Å². The SMILES string of the molecule is CCCCCCCCCCCC/C=C(\C)C(=O)O/C=C(\C)C(=O)OCCN(C)C. The Morgan fingerprint density at radius 2 is 1.34 bits per heavy atom. The van der Waals surface area contributed by atoms with Gasteiger partial charge in [-0.15, -0.1) is 0 Å². The van der Waals surface area contributed by atoms with Crippen molar-refractivity contribution in [2.45, 2.75) is 91.4 Å². The summed E-state index contributed by atoms with van der Waals surface area (Å²) in [4.78, 5) is 25.7. The molecule has 0 aromatic carbocycles. The molecule has 0 saturated carbocycles. The van der Waals surface area contributed by atoms with Crippen LogP contribution in [0.15, 0.2) is 23.5 Å². The van der Waals surface area contributed by atoms with Gasteiger partial charge in [0, 0.05) is 12.1 Å². The van der Waals surface area contributed by atoms with E-state index in [2.05, 4.69) is 6.92 Å². The van der Waals surface area contributed by atoms with E-state index in [4.69, 9.17) is 9.47 Å². The molecule has 0 bridgehead atoms. The molecule has 0 aliphatic heterocycles. The summed E-state index contributed by atoms with van der Waals surface area (Å²) >= 11 is 0. The van der Waals surface area contributed by atoms with Crippen molar-refractivity contribution < 1.29 is 19.1 Å². The van der Waals surface area contributed by atoms with Gasteiger partial charge in [0.2, 0.25) is 0 Å². The van der Waals surface area contributed by atoms with Crippen molar-refractivity contribution in [2.75, 3.05) is 27.2 Å². The third-order valence-corrected chi connectivity index (χ3v) is 4.77. The van der Waals surface area contributed by atoms with Crippen molar-refractivity contribution in [2.24, 2.45) is 0 Å². The summed E-state index contributed by atoms with van der Waals surface area (Å²) in [6, 6.07) is 0. The molecule has 0 heterocycles. The zero-order valence-corrected chi connectivity index (χ0v) is 19.4. The second-order valence-electron chi connectivity index (χ2n) is 8.00. The second kappa shape index (κ2) is 18.4. The highest BCUT2D eigenvalue weighted by molar-refractivity contribution is 5.90. The minimum Gasteiger partial charge on any atom is -0.461 e. The average molecular weight is 410 g/mol. The van der Waals surface area contributed by atoms with E-state index in [0.717, 1.165) is 12.8 Å². The molecule has 0 unspecified atom stereocenters. The number of carbonyl (C=O) groups is 2. The molecule has 0 aromatic rings. The Bertz CT molecular complexity index is 509. The van der Waals surface area contributed by atoms with Crippen molar-refractivity contribution in [1.29, 1.82) is 0 Å². The number of likely N-dealkylation sites (N-methyl/N-ethyl adjacent to an activating group) is 1. The molecule has 0 aromatic heterocycles. The van der Waals surface area contributed by atoms with E-state index in [-0.39, 0.29) is 5.57 Å². The maximum Gasteiger partial charge on any atom is 0.338 e. The smallest absolute Gasteiger partial charge is 0.338 e. The molecule has 0 saturated heterocycles. The fourth-order valence-electron chi connectivity index (χ4n) is 2.75. The van der Waals surface area contributed by atoms with Crippen molar-refractivity contribution in [3.05, 3.63) is 23.5 Å². The van der Waals surface area contributed by atoms with E-state index in [1.54, 1.807) is 13.8 Å². The normalized spacial score (nSPS) is 12.3. The van der Waals surface area contributed by atoms with Gasteiger partial charge in [0.15, 0.2) is 0 Å². The first kappa shape index (κ1) is 27.4. The molecular weight excluding hydrogens is 366 g/mol. The summed E-state index contributed by atoms with van der Waals surface area (Å²) in [6.07, 6.45) is 17.0. The Morgan fingerprint density at radius 1 is 0.793 bits per heavy atom. The van der Waals surface area contributed by atoms with Gasteiger partial charge < -0.3 is 14.4 Å². The minimum atomic E-state index is -0.466. The van der Waals surface area contributed by atoms with Crippen LogP contribution in [0.3, 0.4) is 0 Å². The summed E-state index contributed by atoms with van der Waals surface area (Å²) in [7, 11) is 3.81. The summed E-state index contributed by atoms with van der Waals surface area (Å²) in [6.45, 7) is 6.53. The quantitative estimate of drug-likeness (QED) is 0.132. The Balaban J connectivity index is 3.88. The van der Waals surface area contributed by atoms with Gasteiger partial charge in [-0.1, -0.05) is 70.8 Å². The maximum atomic E-state index is 12.0. The number of rotatable bonds is 17. The van der Waals surface area contributed by atoms with Gasteiger partial charge in [-0.3, -0.25) is 0 Å². The van der Waals surface area contributed by atoms with Crippen LogP contribution < -0.4 is 0 Å². The molecule has 0 fully saturated rings. The van der Waals surface area contributed by atoms with E-state index >= 15 is 0 Å². The van der Waals surface area contributed by atoms with E-state index in [0.29, 0.717) is 18.7 Å². The van der Waals surface area contributed by atoms with Crippen molar-refractivity contribution in [1.82, 2.24) is 4.90 Å². The fourth-order valence-corrected chi connectivity index (χ4v) is 2.75. The Hall–Kier alpha value is -1.62. The average Bonchev–Trinajstić information content (AvgIpc) is 2.69. The number of ether oxygens (including phenoxy) is 2. The molecule has 5 nitrogen and oxygen atoms in total. The van der Waals surface area contributed by atoms with Gasteiger partial charge in [-0.2, -0.15) is 0 Å². The summed E-state index contributed by atoms with van der Waals surface area (Å²) in [5.41, 5.74) is 0.852. The summed E-state index contributed by atoms with van der Waals surface area (Å²) < 4.78 is 10.2. The third kappa shape index (κ3) is 17.0. The number of hydrogen-bond acceptors (Lipinski definition) is 5. The molecule has 0 atom stereocenters. The van der Waals surface area contributed by atoms with Crippen molar-refractivity contribution in [3.63, 3.8) is 0 Å². The first-order valence-corrected chi connectivity index (χ1v) is 11.2. The maximum absolute atomic E-state index is 12.0. The Labute approximate surface area is 178 Å². The molecular formula is C24H43NO4. The van der Waals surface area contributed by atoms with Gasteiger partial charge in [0.05, 0.1) is 5.57 Å². The monoisotopic (exact) mass is 409 g/mol. The number of hydrogen-bond donors (Lipinski definition) is 0. The Kier molecular flexibility index (Phi) is 17.4. The lowest BCUT2D eigenvalue weighted by atomic mass is 10.1. The van der Waals surface area contributed by atoms with Gasteiger partial charge in [-0.05, 0) is 40.8 Å². The van der Waals surface area contributed by atoms with Gasteiger partial charge >= 0.3 is 11.9 Å². The second-order valence-corrected chi connectivity index (χ2v) is 8.00. The van der Waals surface area contributed by atoms with Crippen LogP contribution in [-0.4, -0.2) is 44.1 Å². The van der Waals surface area contributed by atoms with Crippen LogP contribution in [0.5, 0.6) is 0 Å². The largest absolute Gasteiger partial charge is 0.461 e. The molecule has 0 amide bonds.